The SMILES string of the molecule is CCc1cc2c(c(OC)c(C(=O)NC3CCNCC3)n2C)c(=O)n1CC(=O)c1ccccc1.Cl. The highest BCUT2D eigenvalue weighted by Crippen LogP contribution is 2.31. The Balaban J connectivity index is 0.00000324. The van der Waals surface area contributed by atoms with Crippen LogP contribution in [0.25, 0.3) is 10.9 Å². The van der Waals surface area contributed by atoms with E-state index < -0.39 is 0 Å². The number of ether oxygens (including phenoxy) is 1. The van der Waals surface area contributed by atoms with E-state index in [9.17, 15) is 14.4 Å². The van der Waals surface area contributed by atoms with Gasteiger partial charge in [0.2, 0.25) is 0 Å². The third-order valence-corrected chi connectivity index (χ3v) is 6.36. The fraction of sp³-hybridized carbons (Fsp3) is 0.400. The molecule has 2 aromatic heterocycles. The molecule has 0 aliphatic carbocycles. The maximum Gasteiger partial charge on any atom is 0.272 e. The Morgan fingerprint density at radius 3 is 2.47 bits per heavy atom. The summed E-state index contributed by atoms with van der Waals surface area (Å²) in [5.74, 6) is -0.167. The number of hydrogen-bond acceptors (Lipinski definition) is 5. The standard InChI is InChI=1S/C25H30N4O4.ClH/c1-4-18-14-19-21(25(32)29(18)15-20(30)16-8-6-5-7-9-16)23(33-3)22(28(19)2)24(31)27-17-10-12-26-13-11-17;/h5-9,14,17,26H,4,10-13,15H2,1-3H3,(H,27,31);1H. The number of aryl methyl sites for hydroxylation is 2. The summed E-state index contributed by atoms with van der Waals surface area (Å²) in [6.07, 6.45) is 2.27. The quantitative estimate of drug-likeness (QED) is 0.501. The fourth-order valence-corrected chi connectivity index (χ4v) is 4.55. The molecule has 182 valence electrons. The number of aromatic nitrogens is 2. The van der Waals surface area contributed by atoms with Crippen LogP contribution in [0.3, 0.4) is 0 Å². The highest BCUT2D eigenvalue weighted by atomic mass is 35.5. The minimum Gasteiger partial charge on any atom is -0.493 e. The van der Waals surface area contributed by atoms with Crippen molar-refractivity contribution in [2.75, 3.05) is 20.2 Å². The van der Waals surface area contributed by atoms with Gasteiger partial charge in [-0.15, -0.1) is 12.4 Å². The summed E-state index contributed by atoms with van der Waals surface area (Å²) in [6, 6.07) is 10.9. The van der Waals surface area contributed by atoms with Crippen molar-refractivity contribution < 1.29 is 14.3 Å². The van der Waals surface area contributed by atoms with Crippen molar-refractivity contribution >= 4 is 35.0 Å². The molecule has 1 aromatic carbocycles. The summed E-state index contributed by atoms with van der Waals surface area (Å²) in [4.78, 5) is 39.7. The Labute approximate surface area is 204 Å². The predicted molar refractivity (Wildman–Crippen MR) is 134 cm³/mol. The molecule has 34 heavy (non-hydrogen) atoms. The van der Waals surface area contributed by atoms with Crippen LogP contribution in [0, 0.1) is 0 Å². The number of benzene rings is 1. The molecule has 1 aliphatic heterocycles. The number of methoxy groups -OCH3 is 1. The number of pyridine rings is 1. The number of carbonyl (C=O) groups excluding carboxylic acids is 2. The summed E-state index contributed by atoms with van der Waals surface area (Å²) in [6.45, 7) is 3.58. The number of fused-ring (bicyclic) bond motifs is 1. The average Bonchev–Trinajstić information content (AvgIpc) is 3.13. The molecule has 1 saturated heterocycles. The van der Waals surface area contributed by atoms with Crippen LogP contribution in [0.4, 0.5) is 0 Å². The van der Waals surface area contributed by atoms with Gasteiger partial charge in [-0.1, -0.05) is 37.3 Å². The summed E-state index contributed by atoms with van der Waals surface area (Å²) in [5, 5.41) is 6.68. The minimum absolute atomic E-state index is 0. The Hall–Kier alpha value is -3.10. The highest BCUT2D eigenvalue weighted by molar-refractivity contribution is 6.04. The molecule has 0 unspecified atom stereocenters. The molecule has 3 aromatic rings. The molecule has 0 radical (unpaired) electrons. The maximum atomic E-state index is 13.6. The third kappa shape index (κ3) is 4.74. The van der Waals surface area contributed by atoms with Crippen molar-refractivity contribution in [3.05, 3.63) is 63.7 Å². The molecule has 0 spiro atoms. The molecule has 4 rings (SSSR count). The number of ketones is 1. The zero-order chi connectivity index (χ0) is 23.5. The van der Waals surface area contributed by atoms with E-state index in [-0.39, 0.29) is 48.0 Å². The largest absolute Gasteiger partial charge is 0.493 e. The average molecular weight is 487 g/mol. The summed E-state index contributed by atoms with van der Waals surface area (Å²) >= 11 is 0. The molecule has 0 saturated carbocycles. The van der Waals surface area contributed by atoms with Gasteiger partial charge >= 0.3 is 0 Å². The Morgan fingerprint density at radius 2 is 1.85 bits per heavy atom. The van der Waals surface area contributed by atoms with Crippen LogP contribution in [0.5, 0.6) is 5.75 Å². The molecule has 0 bridgehead atoms. The first-order valence-electron chi connectivity index (χ1n) is 11.3. The summed E-state index contributed by atoms with van der Waals surface area (Å²) < 4.78 is 8.81. The van der Waals surface area contributed by atoms with Gasteiger partial charge in [0.25, 0.3) is 11.5 Å². The second-order valence-corrected chi connectivity index (χ2v) is 8.37. The minimum atomic E-state index is -0.331. The van der Waals surface area contributed by atoms with Crippen molar-refractivity contribution in [1.82, 2.24) is 19.8 Å². The van der Waals surface area contributed by atoms with E-state index in [1.807, 2.05) is 19.1 Å². The van der Waals surface area contributed by atoms with Gasteiger partial charge in [0, 0.05) is 24.3 Å². The number of halogens is 1. The third-order valence-electron chi connectivity index (χ3n) is 6.36. The van der Waals surface area contributed by atoms with E-state index in [2.05, 4.69) is 10.6 Å². The predicted octanol–water partition coefficient (Wildman–Crippen LogP) is 2.70. The molecule has 2 N–H and O–H groups in total. The molecule has 3 heterocycles. The van der Waals surface area contributed by atoms with Crippen LogP contribution < -0.4 is 20.9 Å². The second kappa shape index (κ2) is 10.9. The Kier molecular flexibility index (Phi) is 8.17. The van der Waals surface area contributed by atoms with Gasteiger partial charge in [-0.25, -0.2) is 0 Å². The van der Waals surface area contributed by atoms with Crippen molar-refractivity contribution in [2.45, 2.75) is 38.8 Å². The molecule has 0 atom stereocenters. The number of rotatable bonds is 7. The van der Waals surface area contributed by atoms with Crippen LogP contribution in [0.15, 0.2) is 41.2 Å². The number of carbonyl (C=O) groups is 2. The zero-order valence-electron chi connectivity index (χ0n) is 19.7. The molecule has 1 amide bonds. The maximum absolute atomic E-state index is 13.6. The molecule has 8 nitrogen and oxygen atoms in total. The van der Waals surface area contributed by atoms with Crippen molar-refractivity contribution in [3.8, 4) is 5.75 Å². The molecular formula is C25H31ClN4O4. The van der Waals surface area contributed by atoms with E-state index in [0.29, 0.717) is 28.6 Å². The lowest BCUT2D eigenvalue weighted by atomic mass is 10.1. The van der Waals surface area contributed by atoms with Gasteiger partial charge in [0.1, 0.15) is 5.39 Å². The van der Waals surface area contributed by atoms with Gasteiger partial charge in [-0.3, -0.25) is 14.4 Å². The monoisotopic (exact) mass is 486 g/mol. The number of amides is 1. The summed E-state index contributed by atoms with van der Waals surface area (Å²) in [7, 11) is 3.23. The van der Waals surface area contributed by atoms with E-state index in [1.54, 1.807) is 35.9 Å². The van der Waals surface area contributed by atoms with Gasteiger partial charge in [0.05, 0.1) is 19.2 Å². The van der Waals surface area contributed by atoms with Gasteiger partial charge in [-0.2, -0.15) is 0 Å². The van der Waals surface area contributed by atoms with Crippen LogP contribution in [-0.2, 0) is 20.0 Å². The second-order valence-electron chi connectivity index (χ2n) is 8.37. The van der Waals surface area contributed by atoms with Crippen molar-refractivity contribution in [3.63, 3.8) is 0 Å². The topological polar surface area (TPSA) is 94.4 Å². The molecule has 1 aliphatic rings. The van der Waals surface area contributed by atoms with Crippen LogP contribution in [-0.4, -0.2) is 47.1 Å². The number of hydrogen-bond donors (Lipinski definition) is 2. The van der Waals surface area contributed by atoms with E-state index >= 15 is 0 Å². The number of nitrogens with zero attached hydrogens (tertiary/aromatic N) is 2. The normalized spacial score (nSPS) is 14.0. The van der Waals surface area contributed by atoms with Gasteiger partial charge in [0.15, 0.2) is 17.2 Å². The first kappa shape index (κ1) is 25.5. The highest BCUT2D eigenvalue weighted by Gasteiger charge is 2.28. The lowest BCUT2D eigenvalue weighted by Crippen LogP contribution is -2.43. The van der Waals surface area contributed by atoms with Crippen LogP contribution in [0.2, 0.25) is 0 Å². The van der Waals surface area contributed by atoms with Crippen molar-refractivity contribution in [2.24, 2.45) is 7.05 Å². The smallest absolute Gasteiger partial charge is 0.272 e. The van der Waals surface area contributed by atoms with Crippen LogP contribution in [0.1, 0.15) is 46.3 Å². The van der Waals surface area contributed by atoms with Gasteiger partial charge in [-0.05, 0) is 38.4 Å². The lowest BCUT2D eigenvalue weighted by molar-refractivity contribution is 0.0917. The summed E-state index contributed by atoms with van der Waals surface area (Å²) in [5.41, 5.74) is 1.88. The van der Waals surface area contributed by atoms with E-state index in [0.717, 1.165) is 31.6 Å². The lowest BCUT2D eigenvalue weighted by Gasteiger charge is -2.23. The van der Waals surface area contributed by atoms with Gasteiger partial charge < -0.3 is 24.5 Å². The molecular weight excluding hydrogens is 456 g/mol. The number of Topliss-reactive ketones (excluding diaryl/α,β-unsaturated/α-hetero) is 1. The molecule has 9 heteroatoms. The fourth-order valence-electron chi connectivity index (χ4n) is 4.55. The first-order valence-corrected chi connectivity index (χ1v) is 11.3. The Morgan fingerprint density at radius 1 is 1.18 bits per heavy atom. The number of piperidine rings is 1. The van der Waals surface area contributed by atoms with Crippen molar-refractivity contribution in [1.29, 1.82) is 0 Å². The number of nitrogens with one attached hydrogen (secondary N) is 2. The first-order chi connectivity index (χ1) is 16.0. The molecule has 1 fully saturated rings. The van der Waals surface area contributed by atoms with E-state index in [1.165, 1.54) is 11.7 Å². The zero-order valence-corrected chi connectivity index (χ0v) is 20.5. The van der Waals surface area contributed by atoms with Crippen LogP contribution >= 0.6 is 12.4 Å². The Bertz CT molecular complexity index is 1240. The van der Waals surface area contributed by atoms with E-state index in [4.69, 9.17) is 4.74 Å².